The predicted octanol–water partition coefficient (Wildman–Crippen LogP) is 4.12. The van der Waals surface area contributed by atoms with Gasteiger partial charge in [-0.05, 0) is 32.0 Å². The third kappa shape index (κ3) is 4.26. The van der Waals surface area contributed by atoms with Gasteiger partial charge in [0.05, 0.1) is 17.6 Å². The summed E-state index contributed by atoms with van der Waals surface area (Å²) in [6, 6.07) is 23.1. The lowest BCUT2D eigenvalue weighted by molar-refractivity contribution is 0.0882. The van der Waals surface area contributed by atoms with E-state index in [1.54, 1.807) is 6.07 Å². The number of rotatable bonds is 6. The van der Waals surface area contributed by atoms with E-state index in [2.05, 4.69) is 5.10 Å². The molecule has 0 spiro atoms. The summed E-state index contributed by atoms with van der Waals surface area (Å²) < 4.78 is 6.99. The van der Waals surface area contributed by atoms with E-state index >= 15 is 0 Å². The predicted molar refractivity (Wildman–Crippen MR) is 119 cm³/mol. The third-order valence-electron chi connectivity index (χ3n) is 5.04. The summed E-state index contributed by atoms with van der Waals surface area (Å²) >= 11 is 0. The molecule has 0 saturated carbocycles. The van der Waals surface area contributed by atoms with Crippen LogP contribution in [0.4, 0.5) is 0 Å². The molecule has 1 atom stereocenters. The molecule has 5 heteroatoms. The summed E-state index contributed by atoms with van der Waals surface area (Å²) in [6.07, 6.45) is -0.872. The number of aromatic nitrogens is 2. The van der Waals surface area contributed by atoms with E-state index in [0.29, 0.717) is 11.1 Å². The van der Waals surface area contributed by atoms with Crippen LogP contribution in [-0.4, -0.2) is 27.6 Å². The van der Waals surface area contributed by atoms with Crippen LogP contribution in [0.1, 0.15) is 11.1 Å². The smallest absolute Gasteiger partial charge is 0.274 e. The Kier molecular flexibility index (Phi) is 5.63. The van der Waals surface area contributed by atoms with Gasteiger partial charge in [0.15, 0.2) is 0 Å². The van der Waals surface area contributed by atoms with Crippen LogP contribution in [0.2, 0.25) is 0 Å². The molecule has 0 amide bonds. The number of hydrogen-bond donors (Lipinski definition) is 1. The number of ether oxygens (including phenoxy) is 1. The van der Waals surface area contributed by atoms with Crippen molar-refractivity contribution in [2.24, 2.45) is 0 Å². The third-order valence-corrected chi connectivity index (χ3v) is 5.04. The first kappa shape index (κ1) is 19.9. The molecule has 30 heavy (non-hydrogen) atoms. The largest absolute Gasteiger partial charge is 0.491 e. The van der Waals surface area contributed by atoms with Crippen molar-refractivity contribution >= 4 is 10.8 Å². The highest BCUT2D eigenvalue weighted by atomic mass is 16.5. The highest BCUT2D eigenvalue weighted by Gasteiger charge is 2.15. The lowest BCUT2D eigenvalue weighted by Crippen LogP contribution is -2.32. The van der Waals surface area contributed by atoms with Crippen LogP contribution >= 0.6 is 0 Å². The Bertz CT molecular complexity index is 1210. The number of aliphatic hydroxyl groups excluding tert-OH is 1. The minimum absolute atomic E-state index is 0.0500. The second kappa shape index (κ2) is 8.51. The normalized spacial score (nSPS) is 12.1. The Labute approximate surface area is 175 Å². The van der Waals surface area contributed by atoms with Crippen molar-refractivity contribution in [3.63, 3.8) is 0 Å². The number of benzene rings is 3. The first-order valence-corrected chi connectivity index (χ1v) is 9.96. The molecule has 0 bridgehead atoms. The van der Waals surface area contributed by atoms with Gasteiger partial charge in [0.1, 0.15) is 18.5 Å². The van der Waals surface area contributed by atoms with Gasteiger partial charge in [0.2, 0.25) is 0 Å². The monoisotopic (exact) mass is 400 g/mol. The van der Waals surface area contributed by atoms with Gasteiger partial charge in [-0.3, -0.25) is 4.79 Å². The number of nitrogens with zero attached hydrogens (tertiary/aromatic N) is 2. The van der Waals surface area contributed by atoms with Crippen LogP contribution in [0, 0.1) is 13.8 Å². The van der Waals surface area contributed by atoms with Crippen molar-refractivity contribution in [1.82, 2.24) is 9.78 Å². The van der Waals surface area contributed by atoms with Crippen molar-refractivity contribution in [1.29, 1.82) is 0 Å². The molecule has 5 nitrogen and oxygen atoms in total. The van der Waals surface area contributed by atoms with Crippen LogP contribution in [0.5, 0.6) is 5.75 Å². The topological polar surface area (TPSA) is 64.3 Å². The molecule has 4 aromatic rings. The average molecular weight is 400 g/mol. The summed E-state index contributed by atoms with van der Waals surface area (Å²) in [5.74, 6) is 0.679. The Balaban J connectivity index is 1.63. The Hall–Kier alpha value is -3.44. The van der Waals surface area contributed by atoms with Crippen LogP contribution in [0.3, 0.4) is 0 Å². The summed E-state index contributed by atoms with van der Waals surface area (Å²) in [4.78, 5) is 13.0. The lowest BCUT2D eigenvalue weighted by Gasteiger charge is -2.15. The standard InChI is InChI=1S/C25H24N2O3/c1-17-7-11-19(12-8-17)24-22-5-3-4-6-23(22)25(29)27(26-24)15-20(28)16-30-21-13-9-18(2)10-14-21/h3-14,20,28H,15-16H2,1-2H3. The van der Waals surface area contributed by atoms with Gasteiger partial charge in [-0.25, -0.2) is 4.68 Å². The molecular formula is C25H24N2O3. The van der Waals surface area contributed by atoms with Crippen molar-refractivity contribution in [3.05, 3.63) is 94.3 Å². The summed E-state index contributed by atoms with van der Waals surface area (Å²) in [5.41, 5.74) is 3.71. The molecule has 152 valence electrons. The van der Waals surface area contributed by atoms with Crippen molar-refractivity contribution < 1.29 is 9.84 Å². The molecule has 0 fully saturated rings. The molecule has 0 radical (unpaired) electrons. The van der Waals surface area contributed by atoms with Gasteiger partial charge in [0.25, 0.3) is 5.56 Å². The minimum atomic E-state index is -0.872. The zero-order chi connectivity index (χ0) is 21.1. The number of aliphatic hydroxyl groups is 1. The maximum atomic E-state index is 13.0. The SMILES string of the molecule is Cc1ccc(OCC(O)Cn2nc(-c3ccc(C)cc3)c3ccccc3c2=O)cc1. The molecule has 0 aliphatic heterocycles. The van der Waals surface area contributed by atoms with Gasteiger partial charge in [0, 0.05) is 10.9 Å². The molecule has 4 rings (SSSR count). The first-order valence-electron chi connectivity index (χ1n) is 9.96. The highest BCUT2D eigenvalue weighted by Crippen LogP contribution is 2.25. The van der Waals surface area contributed by atoms with E-state index in [4.69, 9.17) is 4.74 Å². The molecule has 3 aromatic carbocycles. The summed E-state index contributed by atoms with van der Waals surface area (Å²) in [7, 11) is 0. The van der Waals surface area contributed by atoms with Crippen molar-refractivity contribution in [2.45, 2.75) is 26.5 Å². The minimum Gasteiger partial charge on any atom is -0.491 e. The average Bonchev–Trinajstić information content (AvgIpc) is 2.76. The molecule has 0 aliphatic carbocycles. The maximum Gasteiger partial charge on any atom is 0.274 e. The van der Waals surface area contributed by atoms with Gasteiger partial charge in [-0.2, -0.15) is 5.10 Å². The highest BCUT2D eigenvalue weighted by molar-refractivity contribution is 5.93. The molecule has 1 N–H and O–H groups in total. The van der Waals surface area contributed by atoms with Gasteiger partial charge < -0.3 is 9.84 Å². The fraction of sp³-hybridized carbons (Fsp3) is 0.200. The summed E-state index contributed by atoms with van der Waals surface area (Å²) in [5, 5.41) is 16.5. The number of fused-ring (bicyclic) bond motifs is 1. The Morgan fingerprint density at radius 1 is 0.900 bits per heavy atom. The number of hydrogen-bond acceptors (Lipinski definition) is 4. The molecule has 0 aliphatic rings. The fourth-order valence-corrected chi connectivity index (χ4v) is 3.36. The Morgan fingerprint density at radius 2 is 1.50 bits per heavy atom. The fourth-order valence-electron chi connectivity index (χ4n) is 3.36. The van der Waals surface area contributed by atoms with Gasteiger partial charge in [-0.1, -0.05) is 65.7 Å². The first-order chi connectivity index (χ1) is 14.5. The second-order valence-corrected chi connectivity index (χ2v) is 7.53. The molecule has 1 unspecified atom stereocenters. The van der Waals surface area contributed by atoms with Crippen molar-refractivity contribution in [2.75, 3.05) is 6.61 Å². The zero-order valence-corrected chi connectivity index (χ0v) is 17.1. The van der Waals surface area contributed by atoms with Gasteiger partial charge in [-0.15, -0.1) is 0 Å². The zero-order valence-electron chi connectivity index (χ0n) is 17.1. The van der Waals surface area contributed by atoms with E-state index < -0.39 is 6.10 Å². The maximum absolute atomic E-state index is 13.0. The van der Waals surface area contributed by atoms with Crippen LogP contribution in [0.25, 0.3) is 22.0 Å². The molecule has 1 aromatic heterocycles. The van der Waals surface area contributed by atoms with E-state index in [0.717, 1.165) is 27.8 Å². The second-order valence-electron chi connectivity index (χ2n) is 7.53. The Morgan fingerprint density at radius 3 is 2.17 bits per heavy atom. The van der Waals surface area contributed by atoms with Crippen LogP contribution < -0.4 is 10.3 Å². The van der Waals surface area contributed by atoms with Crippen molar-refractivity contribution in [3.8, 4) is 17.0 Å². The molecular weight excluding hydrogens is 376 g/mol. The lowest BCUT2D eigenvalue weighted by atomic mass is 10.0. The van der Waals surface area contributed by atoms with Crippen LogP contribution in [0.15, 0.2) is 77.6 Å². The van der Waals surface area contributed by atoms with E-state index in [-0.39, 0.29) is 18.7 Å². The van der Waals surface area contributed by atoms with E-state index in [1.807, 2.05) is 80.6 Å². The molecule has 0 saturated heterocycles. The van der Waals surface area contributed by atoms with E-state index in [9.17, 15) is 9.90 Å². The summed E-state index contributed by atoms with van der Waals surface area (Å²) in [6.45, 7) is 4.15. The number of aryl methyl sites for hydroxylation is 2. The van der Waals surface area contributed by atoms with E-state index in [1.165, 1.54) is 4.68 Å². The van der Waals surface area contributed by atoms with Gasteiger partial charge >= 0.3 is 0 Å². The quantitative estimate of drug-likeness (QED) is 0.529. The molecule has 1 heterocycles. The van der Waals surface area contributed by atoms with Crippen LogP contribution in [-0.2, 0) is 6.54 Å².